The first-order valence-electron chi connectivity index (χ1n) is 5.87. The van der Waals surface area contributed by atoms with Crippen molar-refractivity contribution in [3.05, 3.63) is 53.1 Å². The van der Waals surface area contributed by atoms with Crippen molar-refractivity contribution in [3.8, 4) is 5.75 Å². The molecule has 0 spiro atoms. The number of halogens is 3. The van der Waals surface area contributed by atoms with E-state index in [1.54, 1.807) is 30.3 Å². The molecule has 0 atom stereocenters. The van der Waals surface area contributed by atoms with Gasteiger partial charge in [-0.05, 0) is 42.5 Å². The van der Waals surface area contributed by atoms with Crippen LogP contribution in [0.3, 0.4) is 0 Å². The van der Waals surface area contributed by atoms with Gasteiger partial charge in [-0.25, -0.2) is 0 Å². The number of benzene rings is 2. The summed E-state index contributed by atoms with van der Waals surface area (Å²) in [6, 6.07) is 11.3. The maximum absolute atomic E-state index is 12.0. The van der Waals surface area contributed by atoms with E-state index in [9.17, 15) is 8.78 Å². The Bertz CT molecular complexity index is 650. The van der Waals surface area contributed by atoms with Gasteiger partial charge in [-0.2, -0.15) is 8.78 Å². The number of hydrogen-bond donors (Lipinski definition) is 2. The lowest BCUT2D eigenvalue weighted by Gasteiger charge is -2.10. The van der Waals surface area contributed by atoms with Gasteiger partial charge in [0.25, 0.3) is 0 Å². The minimum absolute atomic E-state index is 0.0948. The zero-order valence-electron chi connectivity index (χ0n) is 10.6. The Morgan fingerprint density at radius 2 is 1.76 bits per heavy atom. The van der Waals surface area contributed by atoms with E-state index >= 15 is 0 Å². The standard InChI is InChI=1S/C14H11ClF2N2OS/c15-12-7-9(3-6-11(12)13(18)21)19-8-1-4-10(5-2-8)20-14(16)17/h1-7,14,19H,(H2,18,21). The van der Waals surface area contributed by atoms with Crippen LogP contribution in [0.15, 0.2) is 42.5 Å². The van der Waals surface area contributed by atoms with Crippen molar-refractivity contribution in [1.29, 1.82) is 0 Å². The van der Waals surface area contributed by atoms with Gasteiger partial charge in [0, 0.05) is 16.9 Å². The highest BCUT2D eigenvalue weighted by molar-refractivity contribution is 7.80. The number of hydrogen-bond acceptors (Lipinski definition) is 3. The van der Waals surface area contributed by atoms with Crippen LogP contribution >= 0.6 is 23.8 Å². The monoisotopic (exact) mass is 328 g/mol. The molecule has 110 valence electrons. The highest BCUT2D eigenvalue weighted by atomic mass is 35.5. The summed E-state index contributed by atoms with van der Waals surface area (Å²) in [4.78, 5) is 0.222. The van der Waals surface area contributed by atoms with Crippen LogP contribution in [-0.4, -0.2) is 11.6 Å². The first kappa shape index (κ1) is 15.5. The van der Waals surface area contributed by atoms with E-state index in [2.05, 4.69) is 10.1 Å². The fourth-order valence-corrected chi connectivity index (χ4v) is 2.20. The van der Waals surface area contributed by atoms with Crippen LogP contribution < -0.4 is 15.8 Å². The Morgan fingerprint density at radius 1 is 1.14 bits per heavy atom. The predicted molar refractivity (Wildman–Crippen MR) is 83.7 cm³/mol. The zero-order valence-corrected chi connectivity index (χ0v) is 12.2. The van der Waals surface area contributed by atoms with Gasteiger partial charge in [-0.1, -0.05) is 23.8 Å². The van der Waals surface area contributed by atoms with E-state index in [4.69, 9.17) is 29.6 Å². The predicted octanol–water partition coefficient (Wildman–Crippen LogP) is 4.32. The van der Waals surface area contributed by atoms with Crippen molar-refractivity contribution in [2.24, 2.45) is 5.73 Å². The van der Waals surface area contributed by atoms with Crippen LogP contribution in [0, 0.1) is 0 Å². The average molecular weight is 329 g/mol. The first-order chi connectivity index (χ1) is 9.95. The molecule has 0 saturated carbocycles. The summed E-state index contributed by atoms with van der Waals surface area (Å²) in [5.74, 6) is 0.0948. The number of anilines is 2. The molecule has 3 N–H and O–H groups in total. The summed E-state index contributed by atoms with van der Waals surface area (Å²) in [5.41, 5.74) is 7.55. The smallest absolute Gasteiger partial charge is 0.387 e. The molecule has 0 radical (unpaired) electrons. The lowest BCUT2D eigenvalue weighted by Crippen LogP contribution is -2.09. The number of rotatable bonds is 5. The van der Waals surface area contributed by atoms with Crippen molar-refractivity contribution >= 4 is 40.2 Å². The Hall–Kier alpha value is -1.92. The van der Waals surface area contributed by atoms with Gasteiger partial charge in [0.2, 0.25) is 0 Å². The minimum atomic E-state index is -2.84. The summed E-state index contributed by atoms with van der Waals surface area (Å²) in [6.07, 6.45) is 0. The molecule has 0 bridgehead atoms. The summed E-state index contributed by atoms with van der Waals surface area (Å²) in [7, 11) is 0. The fraction of sp³-hybridized carbons (Fsp3) is 0.0714. The van der Waals surface area contributed by atoms with Gasteiger partial charge >= 0.3 is 6.61 Å². The van der Waals surface area contributed by atoms with Crippen LogP contribution in [-0.2, 0) is 0 Å². The lowest BCUT2D eigenvalue weighted by atomic mass is 10.2. The second-order valence-corrected chi connectivity index (χ2v) is 4.93. The number of nitrogens with one attached hydrogen (secondary N) is 1. The zero-order chi connectivity index (χ0) is 15.4. The van der Waals surface area contributed by atoms with E-state index in [0.29, 0.717) is 16.3 Å². The van der Waals surface area contributed by atoms with E-state index in [1.807, 2.05) is 0 Å². The molecule has 3 nitrogen and oxygen atoms in total. The Morgan fingerprint density at radius 3 is 2.29 bits per heavy atom. The van der Waals surface area contributed by atoms with E-state index < -0.39 is 6.61 Å². The maximum atomic E-state index is 12.0. The molecule has 7 heteroatoms. The second kappa shape index (κ2) is 6.69. The lowest BCUT2D eigenvalue weighted by molar-refractivity contribution is -0.0498. The molecule has 0 aromatic heterocycles. The topological polar surface area (TPSA) is 47.3 Å². The molecule has 0 fully saturated rings. The first-order valence-corrected chi connectivity index (χ1v) is 6.65. The summed E-state index contributed by atoms with van der Waals surface area (Å²) in [5, 5.41) is 3.52. The van der Waals surface area contributed by atoms with Gasteiger partial charge in [-0.15, -0.1) is 0 Å². The molecule has 2 rings (SSSR count). The van der Waals surface area contributed by atoms with Crippen molar-refractivity contribution in [2.45, 2.75) is 6.61 Å². The molecule has 2 aromatic rings. The maximum Gasteiger partial charge on any atom is 0.387 e. The van der Waals surface area contributed by atoms with Crippen LogP contribution in [0.5, 0.6) is 5.75 Å². The molecule has 0 aliphatic carbocycles. The molecule has 2 aromatic carbocycles. The van der Waals surface area contributed by atoms with Crippen LogP contribution in [0.4, 0.5) is 20.2 Å². The number of alkyl halides is 2. The molecule has 0 aliphatic rings. The largest absolute Gasteiger partial charge is 0.435 e. The van der Waals surface area contributed by atoms with E-state index in [0.717, 1.165) is 5.69 Å². The summed E-state index contributed by atoms with van der Waals surface area (Å²) in [6.45, 7) is -2.84. The Kier molecular flexibility index (Phi) is 4.93. The number of nitrogens with two attached hydrogens (primary N) is 1. The molecule has 0 unspecified atom stereocenters. The normalized spacial score (nSPS) is 10.5. The van der Waals surface area contributed by atoms with Crippen molar-refractivity contribution in [1.82, 2.24) is 0 Å². The number of ether oxygens (including phenoxy) is 1. The fourth-order valence-electron chi connectivity index (χ4n) is 1.68. The van der Waals surface area contributed by atoms with Crippen molar-refractivity contribution < 1.29 is 13.5 Å². The number of thiocarbonyl (C=S) groups is 1. The Labute approximate surface area is 130 Å². The van der Waals surface area contributed by atoms with Crippen LogP contribution in [0.1, 0.15) is 5.56 Å². The van der Waals surface area contributed by atoms with E-state index in [1.165, 1.54) is 12.1 Å². The quantitative estimate of drug-likeness (QED) is 0.802. The van der Waals surface area contributed by atoms with E-state index in [-0.39, 0.29) is 10.7 Å². The minimum Gasteiger partial charge on any atom is -0.435 e. The molecule has 21 heavy (non-hydrogen) atoms. The van der Waals surface area contributed by atoms with Gasteiger partial charge < -0.3 is 15.8 Å². The highest BCUT2D eigenvalue weighted by Gasteiger charge is 2.06. The van der Waals surface area contributed by atoms with Gasteiger partial charge in [0.05, 0.1) is 5.02 Å². The SMILES string of the molecule is NC(=S)c1ccc(Nc2ccc(OC(F)F)cc2)cc1Cl. The van der Waals surface area contributed by atoms with Crippen LogP contribution in [0.25, 0.3) is 0 Å². The molecule has 0 amide bonds. The third-order valence-electron chi connectivity index (χ3n) is 2.60. The summed E-state index contributed by atoms with van der Waals surface area (Å²) < 4.78 is 28.4. The molecule has 0 saturated heterocycles. The van der Waals surface area contributed by atoms with Gasteiger partial charge in [0.1, 0.15) is 10.7 Å². The Balaban J connectivity index is 2.11. The van der Waals surface area contributed by atoms with Crippen molar-refractivity contribution in [2.75, 3.05) is 5.32 Å². The molecule has 0 aliphatic heterocycles. The molecular formula is C14H11ClF2N2OS. The van der Waals surface area contributed by atoms with Crippen LogP contribution in [0.2, 0.25) is 5.02 Å². The molecular weight excluding hydrogens is 318 g/mol. The average Bonchev–Trinajstić information content (AvgIpc) is 2.40. The third kappa shape index (κ3) is 4.27. The molecule has 0 heterocycles. The third-order valence-corrected chi connectivity index (χ3v) is 3.14. The van der Waals surface area contributed by atoms with Gasteiger partial charge in [0.15, 0.2) is 0 Å². The van der Waals surface area contributed by atoms with Crippen molar-refractivity contribution in [3.63, 3.8) is 0 Å². The van der Waals surface area contributed by atoms with Gasteiger partial charge in [-0.3, -0.25) is 0 Å². The second-order valence-electron chi connectivity index (χ2n) is 4.09. The highest BCUT2D eigenvalue weighted by Crippen LogP contribution is 2.25. The summed E-state index contributed by atoms with van der Waals surface area (Å²) >= 11 is 10.9.